The van der Waals surface area contributed by atoms with Crippen molar-refractivity contribution in [3.63, 3.8) is 0 Å². The average molecular weight is 477 g/mol. The molecule has 1 heterocycles. The Morgan fingerprint density at radius 3 is 1.89 bits per heavy atom. The van der Waals surface area contributed by atoms with E-state index in [0.29, 0.717) is 24.4 Å². The van der Waals surface area contributed by atoms with E-state index in [2.05, 4.69) is 6.07 Å². The van der Waals surface area contributed by atoms with Crippen LogP contribution < -0.4 is 4.74 Å². The standard InChI is InChI=1S/C29H38N3O3/c1-28(2)29(3,4)32(34)27(31(28)33)12-10-8-6-5-7-9-11-21-35-26-19-17-25(18-20-26)24-15-13-23(22-30)14-16-24/h13-20H,5-12,21H2,1-4H3. The molecule has 0 saturated carbocycles. The van der Waals surface area contributed by atoms with Gasteiger partial charge in [-0.25, -0.2) is 0 Å². The third-order valence-electron chi connectivity index (χ3n) is 7.50. The minimum atomic E-state index is -0.709. The molecule has 0 amide bonds. The molecule has 0 aliphatic carbocycles. The molecule has 35 heavy (non-hydrogen) atoms. The van der Waals surface area contributed by atoms with Gasteiger partial charge in [0.2, 0.25) is 0 Å². The molecular formula is C29H38N3O3. The van der Waals surface area contributed by atoms with Crippen LogP contribution in [0.3, 0.4) is 0 Å². The molecule has 6 heteroatoms. The second-order valence-corrected chi connectivity index (χ2v) is 10.4. The van der Waals surface area contributed by atoms with Crippen molar-refractivity contribution in [3.8, 4) is 22.9 Å². The van der Waals surface area contributed by atoms with Crippen LogP contribution in [0.15, 0.2) is 48.5 Å². The number of unbranched alkanes of at least 4 members (excludes halogenated alkanes) is 6. The topological polar surface area (TPSA) is 82.2 Å². The molecule has 1 aliphatic heterocycles. The Morgan fingerprint density at radius 2 is 1.37 bits per heavy atom. The van der Waals surface area contributed by atoms with Gasteiger partial charge in [-0.15, -0.1) is 0 Å². The highest BCUT2D eigenvalue weighted by atomic mass is 16.5. The van der Waals surface area contributed by atoms with Crippen molar-refractivity contribution in [2.45, 2.75) is 90.1 Å². The molecule has 2 aromatic rings. The molecule has 0 bridgehead atoms. The van der Waals surface area contributed by atoms with Gasteiger partial charge in [-0.2, -0.15) is 5.26 Å². The maximum absolute atomic E-state index is 12.5. The molecular weight excluding hydrogens is 438 g/mol. The zero-order chi connectivity index (χ0) is 25.5. The first-order valence-electron chi connectivity index (χ1n) is 12.7. The summed E-state index contributed by atoms with van der Waals surface area (Å²) in [6, 6.07) is 17.8. The predicted octanol–water partition coefficient (Wildman–Crippen LogP) is 6.85. The Hall–Kier alpha value is -3.04. The summed E-state index contributed by atoms with van der Waals surface area (Å²) in [5, 5.41) is 34.9. The van der Waals surface area contributed by atoms with Crippen molar-refractivity contribution in [2.75, 3.05) is 6.61 Å². The SMILES string of the molecule is CC1(C)N([O])C(CCCCCCCCCOc2ccc(-c3ccc(C#N)cc3)cc2)=[N+]([O-])C1(C)C. The molecule has 3 rings (SSSR count). The van der Waals surface area contributed by atoms with Gasteiger partial charge in [-0.3, -0.25) is 4.74 Å². The van der Waals surface area contributed by atoms with E-state index >= 15 is 0 Å². The number of hydrogen-bond acceptors (Lipinski definition) is 4. The molecule has 1 aliphatic rings. The molecule has 0 aromatic heterocycles. The van der Waals surface area contributed by atoms with Crippen molar-refractivity contribution in [1.82, 2.24) is 5.06 Å². The van der Waals surface area contributed by atoms with E-state index in [9.17, 15) is 10.4 Å². The fraction of sp³-hybridized carbons (Fsp3) is 0.517. The smallest absolute Gasteiger partial charge is 0.284 e. The molecule has 2 aromatic carbocycles. The van der Waals surface area contributed by atoms with Crippen LogP contribution >= 0.6 is 0 Å². The van der Waals surface area contributed by atoms with Crippen LogP contribution in [-0.4, -0.2) is 33.3 Å². The van der Waals surface area contributed by atoms with Gasteiger partial charge in [0.05, 0.1) is 24.7 Å². The number of rotatable bonds is 12. The zero-order valence-corrected chi connectivity index (χ0v) is 21.5. The molecule has 0 saturated heterocycles. The summed E-state index contributed by atoms with van der Waals surface area (Å²) in [5.41, 5.74) is 1.43. The lowest BCUT2D eigenvalue weighted by Crippen LogP contribution is -2.53. The number of nitriles is 1. The lowest BCUT2D eigenvalue weighted by Gasteiger charge is -2.32. The summed E-state index contributed by atoms with van der Waals surface area (Å²) in [6.07, 6.45) is 8.07. The van der Waals surface area contributed by atoms with Gasteiger partial charge in [-0.05, 0) is 75.9 Å². The number of hydroxylamine groups is 3. The van der Waals surface area contributed by atoms with Crippen molar-refractivity contribution in [2.24, 2.45) is 0 Å². The highest BCUT2D eigenvalue weighted by Gasteiger charge is 2.59. The third-order valence-corrected chi connectivity index (χ3v) is 7.50. The highest BCUT2D eigenvalue weighted by molar-refractivity contribution is 5.79. The van der Waals surface area contributed by atoms with E-state index in [4.69, 9.17) is 10.00 Å². The maximum Gasteiger partial charge on any atom is 0.284 e. The Bertz CT molecular complexity index is 1030. The Kier molecular flexibility index (Phi) is 8.80. The van der Waals surface area contributed by atoms with E-state index in [0.717, 1.165) is 65.2 Å². The summed E-state index contributed by atoms with van der Waals surface area (Å²) in [5.74, 6) is 1.25. The van der Waals surface area contributed by atoms with Crippen LogP contribution in [0.1, 0.15) is 84.6 Å². The third kappa shape index (κ3) is 6.15. The summed E-state index contributed by atoms with van der Waals surface area (Å²) < 4.78 is 6.81. The number of ether oxygens (including phenoxy) is 1. The zero-order valence-electron chi connectivity index (χ0n) is 21.5. The molecule has 0 atom stereocenters. The van der Waals surface area contributed by atoms with Crippen LogP contribution in [0.25, 0.3) is 11.1 Å². The largest absolute Gasteiger partial charge is 0.715 e. The van der Waals surface area contributed by atoms with E-state index < -0.39 is 11.1 Å². The monoisotopic (exact) mass is 476 g/mol. The number of nitrogens with zero attached hydrogens (tertiary/aromatic N) is 3. The maximum atomic E-state index is 12.5. The van der Waals surface area contributed by atoms with Crippen molar-refractivity contribution < 1.29 is 14.7 Å². The van der Waals surface area contributed by atoms with Gasteiger partial charge >= 0.3 is 0 Å². The van der Waals surface area contributed by atoms with Crippen LogP contribution in [0.5, 0.6) is 5.75 Å². The molecule has 6 nitrogen and oxygen atoms in total. The van der Waals surface area contributed by atoms with Crippen molar-refractivity contribution in [3.05, 3.63) is 59.3 Å². The van der Waals surface area contributed by atoms with E-state index in [-0.39, 0.29) is 0 Å². The lowest BCUT2D eigenvalue weighted by molar-refractivity contribution is -0.540. The van der Waals surface area contributed by atoms with Gasteiger partial charge in [0.25, 0.3) is 5.84 Å². The van der Waals surface area contributed by atoms with Gasteiger partial charge in [0.1, 0.15) is 11.3 Å². The second kappa shape index (κ2) is 11.6. The Balaban J connectivity index is 1.26. The van der Waals surface area contributed by atoms with E-state index in [1.165, 1.54) is 6.42 Å². The first-order chi connectivity index (χ1) is 16.7. The average Bonchev–Trinajstić information content (AvgIpc) is 2.97. The first kappa shape index (κ1) is 26.6. The fourth-order valence-corrected chi connectivity index (χ4v) is 4.37. The van der Waals surface area contributed by atoms with E-state index in [1.807, 2.05) is 76.2 Å². The van der Waals surface area contributed by atoms with Crippen LogP contribution in [0.2, 0.25) is 0 Å². The van der Waals surface area contributed by atoms with Gasteiger partial charge in [0.15, 0.2) is 5.54 Å². The lowest BCUT2D eigenvalue weighted by atomic mass is 9.84. The summed E-state index contributed by atoms with van der Waals surface area (Å²) >= 11 is 0. The molecule has 1 radical (unpaired) electrons. The first-order valence-corrected chi connectivity index (χ1v) is 12.7. The van der Waals surface area contributed by atoms with Crippen LogP contribution in [-0.2, 0) is 5.21 Å². The van der Waals surface area contributed by atoms with Gasteiger partial charge in [-0.1, -0.05) is 61.4 Å². The van der Waals surface area contributed by atoms with Crippen LogP contribution in [0, 0.1) is 16.5 Å². The fourth-order valence-electron chi connectivity index (χ4n) is 4.37. The molecule has 0 fully saturated rings. The summed E-state index contributed by atoms with van der Waals surface area (Å²) in [6.45, 7) is 8.07. The molecule has 0 N–H and O–H groups in total. The van der Waals surface area contributed by atoms with Gasteiger partial charge in [0, 0.05) is 5.21 Å². The van der Waals surface area contributed by atoms with Crippen LogP contribution in [0.4, 0.5) is 0 Å². The Morgan fingerprint density at radius 1 is 0.857 bits per heavy atom. The molecule has 0 unspecified atom stereocenters. The normalized spacial score (nSPS) is 16.4. The van der Waals surface area contributed by atoms with E-state index in [1.54, 1.807) is 0 Å². The predicted molar refractivity (Wildman–Crippen MR) is 138 cm³/mol. The quantitative estimate of drug-likeness (QED) is 0.190. The minimum Gasteiger partial charge on any atom is -0.715 e. The molecule has 0 spiro atoms. The second-order valence-electron chi connectivity index (χ2n) is 10.4. The highest BCUT2D eigenvalue weighted by Crippen LogP contribution is 2.36. The number of benzene rings is 2. The van der Waals surface area contributed by atoms with Crippen molar-refractivity contribution in [1.29, 1.82) is 5.26 Å². The summed E-state index contributed by atoms with van der Waals surface area (Å²) in [4.78, 5) is 0. The van der Waals surface area contributed by atoms with Crippen molar-refractivity contribution >= 4 is 5.84 Å². The minimum absolute atomic E-state index is 0.377. The summed E-state index contributed by atoms with van der Waals surface area (Å²) in [7, 11) is 0. The number of hydrogen-bond donors (Lipinski definition) is 0. The molecule has 187 valence electrons. The Labute approximate surface area is 210 Å². The van der Waals surface area contributed by atoms with Gasteiger partial charge < -0.3 is 9.94 Å². The number of amidine groups is 1.